The Morgan fingerprint density at radius 3 is 3.09 bits per heavy atom. The van der Waals surface area contributed by atoms with Crippen LogP contribution in [0.15, 0.2) is 0 Å². The fourth-order valence-corrected chi connectivity index (χ4v) is 1.38. The van der Waals surface area contributed by atoms with E-state index in [9.17, 15) is 4.79 Å². The Morgan fingerprint density at radius 2 is 2.55 bits per heavy atom. The SMILES string of the molecule is COC(=O)N1CCCC1CO. The number of hydrogen-bond donors (Lipinski definition) is 1. The number of nitrogens with zero attached hydrogens (tertiary/aromatic N) is 1. The third-order valence-corrected chi connectivity index (χ3v) is 2.00. The van der Waals surface area contributed by atoms with E-state index in [0.29, 0.717) is 6.54 Å². The molecule has 0 aliphatic carbocycles. The van der Waals surface area contributed by atoms with Gasteiger partial charge in [0, 0.05) is 6.54 Å². The molecule has 1 saturated heterocycles. The molecule has 1 atom stereocenters. The molecule has 0 saturated carbocycles. The van der Waals surface area contributed by atoms with Crippen LogP contribution in [0.5, 0.6) is 0 Å². The van der Waals surface area contributed by atoms with E-state index >= 15 is 0 Å². The number of amides is 1. The molecule has 0 radical (unpaired) electrons. The number of carbonyl (C=O) groups excluding carboxylic acids is 1. The Hall–Kier alpha value is -0.770. The van der Waals surface area contributed by atoms with Gasteiger partial charge in [0.25, 0.3) is 0 Å². The molecule has 64 valence electrons. The van der Waals surface area contributed by atoms with Crippen LogP contribution in [0.4, 0.5) is 4.79 Å². The molecule has 0 aromatic heterocycles. The zero-order chi connectivity index (χ0) is 8.27. The van der Waals surface area contributed by atoms with Crippen molar-refractivity contribution in [1.29, 1.82) is 0 Å². The van der Waals surface area contributed by atoms with Gasteiger partial charge in [0.1, 0.15) is 0 Å². The normalized spacial score (nSPS) is 23.8. The summed E-state index contributed by atoms with van der Waals surface area (Å²) in [6, 6.07) is -0.0255. The highest BCUT2D eigenvalue weighted by Crippen LogP contribution is 2.16. The molecule has 1 unspecified atom stereocenters. The van der Waals surface area contributed by atoms with Crippen molar-refractivity contribution in [3.05, 3.63) is 0 Å². The number of rotatable bonds is 1. The second-order valence-electron chi connectivity index (χ2n) is 2.64. The minimum absolute atomic E-state index is 0.0255. The molecule has 1 rings (SSSR count). The smallest absolute Gasteiger partial charge is 0.409 e. The molecule has 4 heteroatoms. The first-order chi connectivity index (χ1) is 5.29. The van der Waals surface area contributed by atoms with E-state index in [4.69, 9.17) is 5.11 Å². The summed E-state index contributed by atoms with van der Waals surface area (Å²) in [6.45, 7) is 0.743. The monoisotopic (exact) mass is 159 g/mol. The zero-order valence-corrected chi connectivity index (χ0v) is 6.62. The maximum atomic E-state index is 11.0. The largest absolute Gasteiger partial charge is 0.453 e. The molecule has 1 aliphatic rings. The topological polar surface area (TPSA) is 49.8 Å². The molecule has 0 aromatic rings. The van der Waals surface area contributed by atoms with Crippen LogP contribution in [0.3, 0.4) is 0 Å². The quantitative estimate of drug-likeness (QED) is 0.595. The summed E-state index contributed by atoms with van der Waals surface area (Å²) in [5.41, 5.74) is 0. The second kappa shape index (κ2) is 3.57. The van der Waals surface area contributed by atoms with Gasteiger partial charge in [-0.3, -0.25) is 0 Å². The van der Waals surface area contributed by atoms with E-state index in [0.717, 1.165) is 12.8 Å². The standard InChI is InChI=1S/C7H13NO3/c1-11-7(10)8-4-2-3-6(8)5-9/h6,9H,2-5H2,1H3. The van der Waals surface area contributed by atoms with E-state index in [-0.39, 0.29) is 18.7 Å². The summed E-state index contributed by atoms with van der Waals surface area (Å²) in [5.74, 6) is 0. The Kier molecular flexibility index (Phi) is 2.70. The lowest BCUT2D eigenvalue weighted by Crippen LogP contribution is -2.37. The molecule has 1 aliphatic heterocycles. The molecule has 1 heterocycles. The minimum atomic E-state index is -0.332. The van der Waals surface area contributed by atoms with Gasteiger partial charge in [-0.2, -0.15) is 0 Å². The first kappa shape index (κ1) is 8.33. The van der Waals surface area contributed by atoms with Crippen molar-refractivity contribution in [1.82, 2.24) is 4.90 Å². The van der Waals surface area contributed by atoms with Crippen LogP contribution in [0, 0.1) is 0 Å². The summed E-state index contributed by atoms with van der Waals surface area (Å²) in [7, 11) is 1.36. The molecule has 0 aromatic carbocycles. The molecule has 11 heavy (non-hydrogen) atoms. The molecule has 1 N–H and O–H groups in total. The van der Waals surface area contributed by atoms with Crippen LogP contribution in [-0.4, -0.2) is 42.4 Å². The average molecular weight is 159 g/mol. The predicted molar refractivity (Wildman–Crippen MR) is 39.2 cm³/mol. The summed E-state index contributed by atoms with van der Waals surface area (Å²) >= 11 is 0. The van der Waals surface area contributed by atoms with Crippen molar-refractivity contribution in [3.8, 4) is 0 Å². The van der Waals surface area contributed by atoms with Gasteiger partial charge in [-0.05, 0) is 12.8 Å². The lowest BCUT2D eigenvalue weighted by Gasteiger charge is -2.20. The Morgan fingerprint density at radius 1 is 1.82 bits per heavy atom. The fourth-order valence-electron chi connectivity index (χ4n) is 1.38. The fraction of sp³-hybridized carbons (Fsp3) is 0.857. The summed E-state index contributed by atoms with van der Waals surface area (Å²) in [6.07, 6.45) is 1.51. The summed E-state index contributed by atoms with van der Waals surface area (Å²) < 4.78 is 4.54. The van der Waals surface area contributed by atoms with E-state index in [1.54, 1.807) is 4.90 Å². The molecular weight excluding hydrogens is 146 g/mol. The highest BCUT2D eigenvalue weighted by atomic mass is 16.5. The molecule has 1 fully saturated rings. The Labute approximate surface area is 65.8 Å². The summed E-state index contributed by atoms with van der Waals surface area (Å²) in [4.78, 5) is 12.5. The maximum Gasteiger partial charge on any atom is 0.409 e. The second-order valence-corrected chi connectivity index (χ2v) is 2.64. The van der Waals surface area contributed by atoms with Crippen LogP contribution < -0.4 is 0 Å². The highest BCUT2D eigenvalue weighted by Gasteiger charge is 2.28. The van der Waals surface area contributed by atoms with Gasteiger partial charge < -0.3 is 14.7 Å². The van der Waals surface area contributed by atoms with Crippen LogP contribution in [-0.2, 0) is 4.74 Å². The Balaban J connectivity index is 2.49. The van der Waals surface area contributed by atoms with Gasteiger partial charge in [0.05, 0.1) is 19.8 Å². The number of hydrogen-bond acceptors (Lipinski definition) is 3. The van der Waals surface area contributed by atoms with Crippen LogP contribution in [0.25, 0.3) is 0 Å². The molecule has 0 bridgehead atoms. The van der Waals surface area contributed by atoms with Crippen molar-refractivity contribution in [2.24, 2.45) is 0 Å². The number of likely N-dealkylation sites (tertiary alicyclic amines) is 1. The van der Waals surface area contributed by atoms with E-state index in [1.807, 2.05) is 0 Å². The highest BCUT2D eigenvalue weighted by molar-refractivity contribution is 5.68. The van der Waals surface area contributed by atoms with E-state index in [1.165, 1.54) is 7.11 Å². The third kappa shape index (κ3) is 1.63. The van der Waals surface area contributed by atoms with Crippen molar-refractivity contribution in [2.45, 2.75) is 18.9 Å². The maximum absolute atomic E-state index is 11.0. The van der Waals surface area contributed by atoms with Crippen molar-refractivity contribution in [2.75, 3.05) is 20.3 Å². The van der Waals surface area contributed by atoms with Crippen molar-refractivity contribution < 1.29 is 14.6 Å². The zero-order valence-electron chi connectivity index (χ0n) is 6.62. The summed E-state index contributed by atoms with van der Waals surface area (Å²) in [5, 5.41) is 8.83. The number of methoxy groups -OCH3 is 1. The van der Waals surface area contributed by atoms with Gasteiger partial charge in [-0.15, -0.1) is 0 Å². The number of ether oxygens (including phenoxy) is 1. The lowest BCUT2D eigenvalue weighted by molar-refractivity contribution is 0.101. The van der Waals surface area contributed by atoms with Gasteiger partial charge in [0.2, 0.25) is 0 Å². The van der Waals surface area contributed by atoms with Gasteiger partial charge in [0.15, 0.2) is 0 Å². The van der Waals surface area contributed by atoms with Crippen LogP contribution in [0.2, 0.25) is 0 Å². The molecular formula is C7H13NO3. The van der Waals surface area contributed by atoms with Crippen LogP contribution in [0.1, 0.15) is 12.8 Å². The first-order valence-corrected chi connectivity index (χ1v) is 3.75. The van der Waals surface area contributed by atoms with E-state index < -0.39 is 0 Å². The Bertz CT molecular complexity index is 149. The van der Waals surface area contributed by atoms with Crippen molar-refractivity contribution in [3.63, 3.8) is 0 Å². The number of aliphatic hydroxyl groups excluding tert-OH is 1. The third-order valence-electron chi connectivity index (χ3n) is 2.00. The van der Waals surface area contributed by atoms with Gasteiger partial charge in [-0.25, -0.2) is 4.79 Å². The van der Waals surface area contributed by atoms with Crippen LogP contribution >= 0.6 is 0 Å². The molecule has 4 nitrogen and oxygen atoms in total. The molecule has 0 spiro atoms. The first-order valence-electron chi connectivity index (χ1n) is 3.75. The van der Waals surface area contributed by atoms with Crippen molar-refractivity contribution >= 4 is 6.09 Å². The van der Waals surface area contributed by atoms with Gasteiger partial charge in [-0.1, -0.05) is 0 Å². The number of aliphatic hydroxyl groups is 1. The van der Waals surface area contributed by atoms with E-state index in [2.05, 4.69) is 4.74 Å². The average Bonchev–Trinajstić information content (AvgIpc) is 2.50. The van der Waals surface area contributed by atoms with Gasteiger partial charge >= 0.3 is 6.09 Å². The lowest BCUT2D eigenvalue weighted by atomic mass is 10.2. The predicted octanol–water partition coefficient (Wildman–Crippen LogP) is 0.209. The minimum Gasteiger partial charge on any atom is -0.453 e. The number of carbonyl (C=O) groups is 1. The molecule has 1 amide bonds.